The van der Waals surface area contributed by atoms with E-state index < -0.39 is 30.2 Å². The normalized spacial score (nSPS) is 19.0. The molecular formula is C25H34BrN3O5SSi. The molecule has 196 valence electrons. The molecule has 0 spiro atoms. The van der Waals surface area contributed by atoms with Gasteiger partial charge in [-0.05, 0) is 53.2 Å². The number of fused-ring (bicyclic) bond motifs is 1. The molecule has 1 saturated heterocycles. The summed E-state index contributed by atoms with van der Waals surface area (Å²) in [6.07, 6.45) is 2.06. The molecule has 1 aromatic carbocycles. The van der Waals surface area contributed by atoms with Crippen LogP contribution in [0, 0.1) is 6.92 Å². The summed E-state index contributed by atoms with van der Waals surface area (Å²) in [4.78, 5) is 4.97. The molecule has 0 saturated carbocycles. The Morgan fingerprint density at radius 3 is 2.69 bits per heavy atom. The number of rotatable bonds is 10. The third-order valence-corrected chi connectivity index (χ3v) is 9.86. The van der Waals surface area contributed by atoms with E-state index in [-0.39, 0.29) is 11.5 Å². The van der Waals surface area contributed by atoms with Crippen LogP contribution < -0.4 is 9.46 Å². The Morgan fingerprint density at radius 1 is 1.22 bits per heavy atom. The third kappa shape index (κ3) is 6.96. The second-order valence-corrected chi connectivity index (χ2v) is 18.6. The summed E-state index contributed by atoms with van der Waals surface area (Å²) in [7, 11) is -4.89. The van der Waals surface area contributed by atoms with Gasteiger partial charge in [-0.1, -0.05) is 37.3 Å². The van der Waals surface area contributed by atoms with Gasteiger partial charge in [0.1, 0.15) is 18.5 Å². The fourth-order valence-corrected chi connectivity index (χ4v) is 6.33. The SMILES string of the molecule is Cc1ccc(S(=O)(=O)N[C@H]2COCC[C@@H]2Oc2nc3c(ccn3COCC[Si](C)(C)C)cc2Br)cc1. The number of benzene rings is 1. The number of ether oxygens (including phenoxy) is 3. The van der Waals surface area contributed by atoms with E-state index in [2.05, 4.69) is 40.3 Å². The van der Waals surface area contributed by atoms with Gasteiger partial charge in [0.25, 0.3) is 0 Å². The number of nitrogens with one attached hydrogen (secondary N) is 1. The van der Waals surface area contributed by atoms with Gasteiger partial charge < -0.3 is 18.8 Å². The first-order valence-electron chi connectivity index (χ1n) is 12.1. The van der Waals surface area contributed by atoms with Crippen molar-refractivity contribution in [2.45, 2.75) is 62.8 Å². The van der Waals surface area contributed by atoms with Crippen LogP contribution in [0.4, 0.5) is 0 Å². The van der Waals surface area contributed by atoms with Gasteiger partial charge in [-0.2, -0.15) is 4.98 Å². The highest BCUT2D eigenvalue weighted by atomic mass is 79.9. The number of aryl methyl sites for hydroxylation is 1. The van der Waals surface area contributed by atoms with Crippen molar-refractivity contribution in [1.29, 1.82) is 0 Å². The molecule has 0 bridgehead atoms. The van der Waals surface area contributed by atoms with Crippen molar-refractivity contribution < 1.29 is 22.6 Å². The Hall–Kier alpha value is -1.76. The molecule has 0 aliphatic carbocycles. The first-order chi connectivity index (χ1) is 17.0. The largest absolute Gasteiger partial charge is 0.472 e. The Balaban J connectivity index is 1.49. The van der Waals surface area contributed by atoms with Crippen molar-refractivity contribution in [3.63, 3.8) is 0 Å². The van der Waals surface area contributed by atoms with Crippen LogP contribution in [-0.4, -0.2) is 58.0 Å². The van der Waals surface area contributed by atoms with Crippen LogP contribution in [0.3, 0.4) is 0 Å². The molecule has 1 aliphatic heterocycles. The van der Waals surface area contributed by atoms with Crippen LogP contribution in [0.2, 0.25) is 25.7 Å². The van der Waals surface area contributed by atoms with Crippen molar-refractivity contribution in [2.24, 2.45) is 0 Å². The minimum atomic E-state index is -3.73. The maximum absolute atomic E-state index is 13.0. The van der Waals surface area contributed by atoms with Crippen molar-refractivity contribution in [3.05, 3.63) is 52.6 Å². The molecule has 11 heteroatoms. The number of halogens is 1. The second kappa shape index (κ2) is 11.3. The number of hydrogen-bond acceptors (Lipinski definition) is 6. The average Bonchev–Trinajstić information content (AvgIpc) is 3.19. The van der Waals surface area contributed by atoms with Crippen LogP contribution in [0.15, 0.2) is 52.0 Å². The van der Waals surface area contributed by atoms with Crippen LogP contribution in [-0.2, 0) is 26.2 Å². The molecule has 2 aromatic heterocycles. The summed E-state index contributed by atoms with van der Waals surface area (Å²) in [6, 6.07) is 11.3. The fourth-order valence-electron chi connectivity index (χ4n) is 3.90. The molecular weight excluding hydrogens is 562 g/mol. The zero-order valence-corrected chi connectivity index (χ0v) is 24.6. The minimum absolute atomic E-state index is 0.213. The summed E-state index contributed by atoms with van der Waals surface area (Å²) in [5.74, 6) is 0.413. The molecule has 8 nitrogen and oxygen atoms in total. The van der Waals surface area contributed by atoms with Crippen molar-refractivity contribution in [3.8, 4) is 5.88 Å². The zero-order chi connectivity index (χ0) is 25.9. The van der Waals surface area contributed by atoms with E-state index in [0.29, 0.717) is 30.1 Å². The number of hydrogen-bond donors (Lipinski definition) is 1. The third-order valence-electron chi connectivity index (χ3n) is 6.08. The van der Waals surface area contributed by atoms with E-state index in [1.165, 1.54) is 0 Å². The summed E-state index contributed by atoms with van der Waals surface area (Å²) in [6.45, 7) is 10.7. The predicted molar refractivity (Wildman–Crippen MR) is 147 cm³/mol. The Kier molecular flexibility index (Phi) is 8.58. The lowest BCUT2D eigenvalue weighted by atomic mass is 10.1. The average molecular weight is 597 g/mol. The number of pyridine rings is 1. The molecule has 36 heavy (non-hydrogen) atoms. The molecule has 1 fully saturated rings. The van der Waals surface area contributed by atoms with E-state index in [0.717, 1.165) is 29.2 Å². The van der Waals surface area contributed by atoms with Crippen LogP contribution in [0.1, 0.15) is 12.0 Å². The molecule has 3 aromatic rings. The van der Waals surface area contributed by atoms with Gasteiger partial charge in [-0.15, -0.1) is 0 Å². The molecule has 0 radical (unpaired) electrons. The maximum atomic E-state index is 13.0. The topological polar surface area (TPSA) is 91.7 Å². The Bertz CT molecular complexity index is 1290. The molecule has 3 heterocycles. The monoisotopic (exact) mass is 595 g/mol. The van der Waals surface area contributed by atoms with E-state index in [1.54, 1.807) is 24.3 Å². The zero-order valence-electron chi connectivity index (χ0n) is 21.2. The molecule has 1 N–H and O–H groups in total. The molecule has 4 rings (SSSR count). The van der Waals surface area contributed by atoms with Crippen molar-refractivity contribution in [2.75, 3.05) is 19.8 Å². The lowest BCUT2D eigenvalue weighted by Crippen LogP contribution is -2.51. The smallest absolute Gasteiger partial charge is 0.241 e. The maximum Gasteiger partial charge on any atom is 0.241 e. The van der Waals surface area contributed by atoms with Gasteiger partial charge in [0.15, 0.2) is 0 Å². The van der Waals surface area contributed by atoms with Gasteiger partial charge in [-0.3, -0.25) is 0 Å². The highest BCUT2D eigenvalue weighted by Crippen LogP contribution is 2.30. The van der Waals surface area contributed by atoms with E-state index in [9.17, 15) is 8.42 Å². The van der Waals surface area contributed by atoms with Crippen LogP contribution >= 0.6 is 15.9 Å². The lowest BCUT2D eigenvalue weighted by molar-refractivity contribution is 0.00126. The summed E-state index contributed by atoms with van der Waals surface area (Å²) >= 11 is 3.57. The van der Waals surface area contributed by atoms with Gasteiger partial charge in [0, 0.05) is 32.7 Å². The Morgan fingerprint density at radius 2 is 1.97 bits per heavy atom. The first-order valence-corrected chi connectivity index (χ1v) is 18.1. The van der Waals surface area contributed by atoms with Crippen LogP contribution in [0.5, 0.6) is 5.88 Å². The van der Waals surface area contributed by atoms with E-state index in [1.807, 2.05) is 29.8 Å². The fraction of sp³-hybridized carbons (Fsp3) is 0.480. The van der Waals surface area contributed by atoms with Crippen LogP contribution in [0.25, 0.3) is 11.0 Å². The van der Waals surface area contributed by atoms with E-state index >= 15 is 0 Å². The molecule has 1 aliphatic rings. The lowest BCUT2D eigenvalue weighted by Gasteiger charge is -2.32. The van der Waals surface area contributed by atoms with E-state index in [4.69, 9.17) is 19.2 Å². The van der Waals surface area contributed by atoms with Crippen molar-refractivity contribution in [1.82, 2.24) is 14.3 Å². The second-order valence-electron chi connectivity index (χ2n) is 10.4. The first kappa shape index (κ1) is 27.3. The number of sulfonamides is 1. The van der Waals surface area contributed by atoms with Crippen molar-refractivity contribution >= 4 is 45.1 Å². The predicted octanol–water partition coefficient (Wildman–Crippen LogP) is 4.93. The van der Waals surface area contributed by atoms with Gasteiger partial charge in [0.05, 0.1) is 28.6 Å². The highest BCUT2D eigenvalue weighted by Gasteiger charge is 2.32. The summed E-state index contributed by atoms with van der Waals surface area (Å²) in [5.41, 5.74) is 1.75. The number of aromatic nitrogens is 2. The minimum Gasteiger partial charge on any atom is -0.472 e. The quantitative estimate of drug-likeness (QED) is 0.264. The Labute approximate surface area is 222 Å². The standard InChI is InChI=1S/C25H34BrN3O5SSi/c1-18-5-7-20(8-6-18)35(30,31)28-22-16-32-12-10-23(22)34-25-21(26)15-19-9-11-29(24(19)27-25)17-33-13-14-36(2,3)4/h5-9,11,15,22-23,28H,10,12-14,16-17H2,1-4H3/t22-,23-/m0/s1. The van der Waals surface area contributed by atoms with Gasteiger partial charge in [0.2, 0.25) is 15.9 Å². The molecule has 0 amide bonds. The molecule has 2 atom stereocenters. The highest BCUT2D eigenvalue weighted by molar-refractivity contribution is 9.10. The summed E-state index contributed by atoms with van der Waals surface area (Å²) < 4.78 is 49.2. The number of nitrogens with zero attached hydrogens (tertiary/aromatic N) is 2. The summed E-state index contributed by atoms with van der Waals surface area (Å²) in [5, 5.41) is 0.964. The molecule has 0 unspecified atom stereocenters. The van der Waals surface area contributed by atoms with Gasteiger partial charge >= 0.3 is 0 Å². The van der Waals surface area contributed by atoms with Gasteiger partial charge in [-0.25, -0.2) is 13.1 Å².